The van der Waals surface area contributed by atoms with Crippen LogP contribution in [0.4, 0.5) is 14.5 Å². The third-order valence-electron chi connectivity index (χ3n) is 3.87. The van der Waals surface area contributed by atoms with Crippen molar-refractivity contribution in [3.63, 3.8) is 0 Å². The fraction of sp³-hybridized carbons (Fsp3) is 0.500. The van der Waals surface area contributed by atoms with Crippen molar-refractivity contribution in [3.05, 3.63) is 39.4 Å². The molecule has 2 rings (SSSR count). The van der Waals surface area contributed by atoms with Gasteiger partial charge in [0.1, 0.15) is 5.82 Å². The molecule has 1 amide bonds. The number of likely N-dealkylation sites (tertiary alicyclic amines) is 1. The first-order valence-corrected chi connectivity index (χ1v) is 6.79. The van der Waals surface area contributed by atoms with E-state index >= 15 is 0 Å². The summed E-state index contributed by atoms with van der Waals surface area (Å²) in [5.41, 5.74) is -1.60. The smallest absolute Gasteiger partial charge is 0.308 e. The Kier molecular flexibility index (Phi) is 4.20. The lowest BCUT2D eigenvalue weighted by molar-refractivity contribution is -0.387. The van der Waals surface area contributed by atoms with Gasteiger partial charge in [-0.3, -0.25) is 14.9 Å². The maximum Gasteiger partial charge on any atom is 0.308 e. The summed E-state index contributed by atoms with van der Waals surface area (Å²) < 4.78 is 27.6. The molecule has 2 unspecified atom stereocenters. The number of amides is 1. The van der Waals surface area contributed by atoms with E-state index in [1.807, 2.05) is 13.8 Å². The molecule has 0 radical (unpaired) electrons. The zero-order valence-electron chi connectivity index (χ0n) is 11.8. The van der Waals surface area contributed by atoms with Crippen LogP contribution in [0.5, 0.6) is 0 Å². The van der Waals surface area contributed by atoms with Crippen molar-refractivity contribution in [1.29, 1.82) is 0 Å². The molecule has 21 heavy (non-hydrogen) atoms. The van der Waals surface area contributed by atoms with Gasteiger partial charge in [-0.15, -0.1) is 0 Å². The fourth-order valence-electron chi connectivity index (χ4n) is 2.82. The number of benzene rings is 1. The molecule has 5 nitrogen and oxygen atoms in total. The monoisotopic (exact) mass is 298 g/mol. The zero-order valence-corrected chi connectivity index (χ0v) is 11.8. The summed E-state index contributed by atoms with van der Waals surface area (Å²) in [7, 11) is 0. The number of hydrogen-bond donors (Lipinski definition) is 0. The lowest BCUT2D eigenvalue weighted by Gasteiger charge is -2.39. The molecule has 0 spiro atoms. The molecule has 1 aromatic rings. The van der Waals surface area contributed by atoms with Crippen LogP contribution < -0.4 is 0 Å². The van der Waals surface area contributed by atoms with Gasteiger partial charge in [0, 0.05) is 12.1 Å². The number of piperidine rings is 1. The molecule has 0 bridgehead atoms. The van der Waals surface area contributed by atoms with E-state index in [0.717, 1.165) is 25.3 Å². The summed E-state index contributed by atoms with van der Waals surface area (Å²) in [4.78, 5) is 23.6. The van der Waals surface area contributed by atoms with Crippen LogP contribution in [0.25, 0.3) is 0 Å². The Labute approximate surface area is 120 Å². The first kappa shape index (κ1) is 15.3. The van der Waals surface area contributed by atoms with E-state index in [4.69, 9.17) is 0 Å². The van der Waals surface area contributed by atoms with Crippen molar-refractivity contribution in [2.45, 2.75) is 45.2 Å². The Balaban J connectivity index is 2.45. The van der Waals surface area contributed by atoms with E-state index in [9.17, 15) is 23.7 Å². The Hall–Kier alpha value is -2.05. The summed E-state index contributed by atoms with van der Waals surface area (Å²) in [5.74, 6) is -2.98. The van der Waals surface area contributed by atoms with Crippen molar-refractivity contribution >= 4 is 11.6 Å². The number of nitro groups is 1. The third-order valence-corrected chi connectivity index (χ3v) is 3.87. The molecule has 0 aliphatic carbocycles. The van der Waals surface area contributed by atoms with Crippen molar-refractivity contribution < 1.29 is 18.5 Å². The molecule has 0 aromatic heterocycles. The van der Waals surface area contributed by atoms with Gasteiger partial charge >= 0.3 is 5.69 Å². The average Bonchev–Trinajstić information content (AvgIpc) is 2.40. The number of hydrogen-bond acceptors (Lipinski definition) is 3. The second kappa shape index (κ2) is 5.75. The number of carbonyl (C=O) groups is 1. The summed E-state index contributed by atoms with van der Waals surface area (Å²) in [6.45, 7) is 3.67. The number of nitrogens with zero attached hydrogens (tertiary/aromatic N) is 2. The SMILES string of the molecule is CC1CCCC(C)N1C(=O)c1cc(F)cc([N+](=O)[O-])c1F. The molecule has 1 saturated heterocycles. The molecule has 0 saturated carbocycles. The Morgan fingerprint density at radius 3 is 2.38 bits per heavy atom. The third kappa shape index (κ3) is 2.86. The molecule has 1 heterocycles. The highest BCUT2D eigenvalue weighted by atomic mass is 19.1. The average molecular weight is 298 g/mol. The van der Waals surface area contributed by atoms with Gasteiger partial charge in [0.2, 0.25) is 5.82 Å². The zero-order chi connectivity index (χ0) is 15.7. The van der Waals surface area contributed by atoms with Crippen LogP contribution in [0.2, 0.25) is 0 Å². The van der Waals surface area contributed by atoms with Crippen molar-refractivity contribution in [1.82, 2.24) is 4.90 Å². The van der Waals surface area contributed by atoms with Gasteiger partial charge < -0.3 is 4.90 Å². The lowest BCUT2D eigenvalue weighted by atomic mass is 9.96. The molecule has 1 aliphatic heterocycles. The molecule has 114 valence electrons. The van der Waals surface area contributed by atoms with Gasteiger partial charge in [0.15, 0.2) is 0 Å². The van der Waals surface area contributed by atoms with Gasteiger partial charge in [-0.1, -0.05) is 0 Å². The quantitative estimate of drug-likeness (QED) is 0.621. The normalized spacial score (nSPS) is 22.2. The molecule has 1 aliphatic rings. The van der Waals surface area contributed by atoms with E-state index < -0.39 is 33.7 Å². The van der Waals surface area contributed by atoms with Crippen LogP contribution in [0.15, 0.2) is 12.1 Å². The molecule has 7 heteroatoms. The maximum absolute atomic E-state index is 14.1. The highest BCUT2D eigenvalue weighted by molar-refractivity contribution is 5.95. The van der Waals surface area contributed by atoms with Crippen molar-refractivity contribution in [3.8, 4) is 0 Å². The fourth-order valence-corrected chi connectivity index (χ4v) is 2.82. The minimum Gasteiger partial charge on any atom is -0.333 e. The predicted octanol–water partition coefficient (Wildman–Crippen LogP) is 3.28. The minimum absolute atomic E-state index is 0.108. The molecule has 0 N–H and O–H groups in total. The lowest BCUT2D eigenvalue weighted by Crippen LogP contribution is -2.47. The molecular weight excluding hydrogens is 282 g/mol. The Morgan fingerprint density at radius 2 is 1.86 bits per heavy atom. The Bertz CT molecular complexity index is 582. The van der Waals surface area contributed by atoms with Crippen LogP contribution in [-0.4, -0.2) is 27.8 Å². The molecular formula is C14H16F2N2O3. The van der Waals surface area contributed by atoms with Crippen molar-refractivity contribution in [2.24, 2.45) is 0 Å². The van der Waals surface area contributed by atoms with E-state index in [0.29, 0.717) is 6.07 Å². The van der Waals surface area contributed by atoms with Crippen molar-refractivity contribution in [2.75, 3.05) is 0 Å². The van der Waals surface area contributed by atoms with Crippen LogP contribution in [-0.2, 0) is 0 Å². The topological polar surface area (TPSA) is 63.5 Å². The van der Waals surface area contributed by atoms with E-state index in [-0.39, 0.29) is 12.1 Å². The number of rotatable bonds is 2. The van der Waals surface area contributed by atoms with Crippen LogP contribution in [0, 0.1) is 21.7 Å². The largest absolute Gasteiger partial charge is 0.333 e. The van der Waals surface area contributed by atoms with Gasteiger partial charge in [0.05, 0.1) is 16.6 Å². The first-order chi connectivity index (χ1) is 9.82. The predicted molar refractivity (Wildman–Crippen MR) is 72.0 cm³/mol. The minimum atomic E-state index is -1.28. The van der Waals surface area contributed by atoms with E-state index in [1.54, 1.807) is 0 Å². The maximum atomic E-state index is 14.1. The van der Waals surface area contributed by atoms with Gasteiger partial charge in [-0.2, -0.15) is 4.39 Å². The molecule has 2 atom stereocenters. The highest BCUT2D eigenvalue weighted by Crippen LogP contribution is 2.28. The Morgan fingerprint density at radius 1 is 1.29 bits per heavy atom. The number of nitro benzene ring substituents is 1. The van der Waals surface area contributed by atoms with Crippen LogP contribution >= 0.6 is 0 Å². The second-order valence-corrected chi connectivity index (χ2v) is 5.38. The summed E-state index contributed by atoms with van der Waals surface area (Å²) in [5, 5.41) is 10.7. The van der Waals surface area contributed by atoms with E-state index in [2.05, 4.69) is 0 Å². The number of carbonyl (C=O) groups excluding carboxylic acids is 1. The van der Waals surface area contributed by atoms with Crippen LogP contribution in [0.3, 0.4) is 0 Å². The van der Waals surface area contributed by atoms with Gasteiger partial charge in [-0.25, -0.2) is 4.39 Å². The van der Waals surface area contributed by atoms with Crippen LogP contribution in [0.1, 0.15) is 43.5 Å². The van der Waals surface area contributed by atoms with Gasteiger partial charge in [0.25, 0.3) is 5.91 Å². The standard InChI is InChI=1S/C14H16F2N2O3/c1-8-4-3-5-9(2)17(8)14(19)11-6-10(15)7-12(13(11)16)18(20)21/h6-9H,3-5H2,1-2H3. The summed E-state index contributed by atoms with van der Waals surface area (Å²) in [6, 6.07) is 0.986. The van der Waals surface area contributed by atoms with Gasteiger partial charge in [-0.05, 0) is 39.2 Å². The number of halogens is 2. The highest BCUT2D eigenvalue weighted by Gasteiger charge is 2.33. The molecule has 1 aromatic carbocycles. The summed E-state index contributed by atoms with van der Waals surface area (Å²) >= 11 is 0. The second-order valence-electron chi connectivity index (χ2n) is 5.38. The molecule has 1 fully saturated rings. The summed E-state index contributed by atoms with van der Waals surface area (Å²) in [6.07, 6.45) is 2.50. The van der Waals surface area contributed by atoms with E-state index in [1.165, 1.54) is 4.90 Å². The first-order valence-electron chi connectivity index (χ1n) is 6.79.